The first-order valence-corrected chi connectivity index (χ1v) is 9.88. The van der Waals surface area contributed by atoms with Gasteiger partial charge in [0.2, 0.25) is 0 Å². The third kappa shape index (κ3) is 4.81. The van der Waals surface area contributed by atoms with Gasteiger partial charge in [-0.25, -0.2) is 8.42 Å². The summed E-state index contributed by atoms with van der Waals surface area (Å²) >= 11 is 0. The van der Waals surface area contributed by atoms with E-state index in [-0.39, 0.29) is 0 Å². The van der Waals surface area contributed by atoms with E-state index < -0.39 is 10.1 Å². The molecule has 108 valence electrons. The molecule has 0 spiro atoms. The van der Waals surface area contributed by atoms with Crippen LogP contribution in [0.1, 0.15) is 12.8 Å². The van der Waals surface area contributed by atoms with E-state index in [1.165, 1.54) is 35.1 Å². The lowest BCUT2D eigenvalue weighted by Crippen LogP contribution is -2.03. The van der Waals surface area contributed by atoms with Crippen molar-refractivity contribution in [1.29, 1.82) is 0 Å². The second-order valence-electron chi connectivity index (χ2n) is 4.82. The third-order valence-corrected chi connectivity index (χ3v) is 5.57. The summed E-state index contributed by atoms with van der Waals surface area (Å²) in [5.41, 5.74) is 0. The molecular weight excluding hydrogens is 292 g/mol. The van der Waals surface area contributed by atoms with Crippen LogP contribution in [0.5, 0.6) is 0 Å². The van der Waals surface area contributed by atoms with E-state index in [0.29, 0.717) is 17.2 Å². The second kappa shape index (κ2) is 6.61. The summed E-state index contributed by atoms with van der Waals surface area (Å²) in [6.45, 7) is 0. The number of fused-ring (bicyclic) bond motifs is 1. The van der Waals surface area contributed by atoms with Crippen molar-refractivity contribution in [2.24, 2.45) is 0 Å². The van der Waals surface area contributed by atoms with E-state index in [1.54, 1.807) is 4.90 Å². The summed E-state index contributed by atoms with van der Waals surface area (Å²) in [4.78, 5) is 1.58. The normalized spacial score (nSPS) is 15.9. The zero-order valence-corrected chi connectivity index (χ0v) is 13.0. The lowest BCUT2D eigenvalue weighted by molar-refractivity contribution is 0.470. The molecular formula is C15H18O3S2. The van der Waals surface area contributed by atoms with Gasteiger partial charge in [0.15, 0.2) is 4.90 Å². The van der Waals surface area contributed by atoms with Crippen molar-refractivity contribution < 1.29 is 13.0 Å². The molecule has 0 amide bonds. The summed E-state index contributed by atoms with van der Waals surface area (Å²) in [6.07, 6.45) is 3.46. The van der Waals surface area contributed by atoms with Crippen LogP contribution < -0.4 is 0 Å². The molecule has 2 aromatic rings. The maximum atomic E-state index is 9.08. The fraction of sp³-hybridized carbons (Fsp3) is 0.333. The molecule has 0 atom stereocenters. The van der Waals surface area contributed by atoms with E-state index in [0.717, 1.165) is 0 Å². The van der Waals surface area contributed by atoms with Crippen LogP contribution in [0.2, 0.25) is 0 Å². The third-order valence-electron chi connectivity index (χ3n) is 3.09. The molecule has 0 radical (unpaired) electrons. The van der Waals surface area contributed by atoms with E-state index in [4.69, 9.17) is 13.0 Å². The van der Waals surface area contributed by atoms with Crippen molar-refractivity contribution in [3.63, 3.8) is 0 Å². The van der Waals surface area contributed by atoms with E-state index in [9.17, 15) is 0 Å². The highest BCUT2D eigenvalue weighted by Crippen LogP contribution is 2.26. The SMILES string of the molecule is CS(=O)(=O)[O-].c1ccc2cc([S+]3CCCC3)ccc2c1. The largest absolute Gasteiger partial charge is 0.748 e. The summed E-state index contributed by atoms with van der Waals surface area (Å²) < 4.78 is 27.2. The van der Waals surface area contributed by atoms with Gasteiger partial charge in [-0.3, -0.25) is 0 Å². The van der Waals surface area contributed by atoms with Crippen LogP contribution in [-0.2, 0) is 21.0 Å². The summed E-state index contributed by atoms with van der Waals surface area (Å²) in [6, 6.07) is 15.6. The molecule has 2 aromatic carbocycles. The quantitative estimate of drug-likeness (QED) is 0.601. The molecule has 0 aliphatic carbocycles. The molecule has 1 aliphatic rings. The Morgan fingerprint density at radius 1 is 1.00 bits per heavy atom. The Kier molecular flexibility index (Phi) is 5.07. The van der Waals surface area contributed by atoms with Gasteiger partial charge in [-0.15, -0.1) is 0 Å². The molecule has 1 heterocycles. The van der Waals surface area contributed by atoms with Crippen molar-refractivity contribution in [1.82, 2.24) is 0 Å². The summed E-state index contributed by atoms with van der Waals surface area (Å²) in [7, 11) is -3.36. The van der Waals surface area contributed by atoms with Crippen LogP contribution in [0.15, 0.2) is 47.4 Å². The smallest absolute Gasteiger partial charge is 0.155 e. The van der Waals surface area contributed by atoms with Gasteiger partial charge in [0.05, 0.1) is 10.1 Å². The Bertz CT molecular complexity index is 666. The first-order valence-electron chi connectivity index (χ1n) is 6.51. The molecule has 0 saturated carbocycles. The Morgan fingerprint density at radius 2 is 1.55 bits per heavy atom. The van der Waals surface area contributed by atoms with E-state index >= 15 is 0 Å². The standard InChI is InChI=1S/C14H15S.CH4O3S/c1-2-6-13-11-14(8-7-12(13)5-1)15-9-3-4-10-15;1-5(2,3)4/h1-2,5-8,11H,3-4,9-10H2;1H3,(H,2,3,4)/q+1;/p-1. The Morgan fingerprint density at radius 3 is 2.15 bits per heavy atom. The van der Waals surface area contributed by atoms with Gasteiger partial charge < -0.3 is 4.55 Å². The van der Waals surface area contributed by atoms with Gasteiger partial charge >= 0.3 is 0 Å². The number of rotatable bonds is 1. The minimum absolute atomic E-state index is 0.553. The minimum Gasteiger partial charge on any atom is -0.748 e. The molecule has 3 nitrogen and oxygen atoms in total. The monoisotopic (exact) mass is 310 g/mol. The molecule has 0 bridgehead atoms. The molecule has 0 aromatic heterocycles. The molecule has 1 aliphatic heterocycles. The fourth-order valence-corrected chi connectivity index (χ4v) is 4.57. The zero-order valence-electron chi connectivity index (χ0n) is 11.4. The average Bonchev–Trinajstić information content (AvgIpc) is 2.90. The average molecular weight is 310 g/mol. The molecule has 0 unspecified atom stereocenters. The molecule has 20 heavy (non-hydrogen) atoms. The highest BCUT2D eigenvalue weighted by Gasteiger charge is 2.26. The maximum absolute atomic E-state index is 9.08. The number of benzene rings is 2. The Labute approximate surface area is 123 Å². The lowest BCUT2D eigenvalue weighted by atomic mass is 10.1. The molecule has 1 saturated heterocycles. The van der Waals surface area contributed by atoms with Crippen LogP contribution in [0, 0.1) is 0 Å². The van der Waals surface area contributed by atoms with Crippen molar-refractivity contribution in [2.75, 3.05) is 17.8 Å². The first kappa shape index (κ1) is 15.4. The molecule has 0 N–H and O–H groups in total. The van der Waals surface area contributed by atoms with E-state index in [2.05, 4.69) is 42.5 Å². The van der Waals surface area contributed by atoms with Crippen LogP contribution in [0.25, 0.3) is 10.8 Å². The minimum atomic E-state index is -3.92. The van der Waals surface area contributed by atoms with Crippen molar-refractivity contribution >= 4 is 31.8 Å². The fourth-order valence-electron chi connectivity index (χ4n) is 2.24. The van der Waals surface area contributed by atoms with Gasteiger partial charge in [-0.2, -0.15) is 0 Å². The predicted octanol–water partition coefficient (Wildman–Crippen LogP) is 2.77. The maximum Gasteiger partial charge on any atom is 0.155 e. The zero-order chi connectivity index (χ0) is 14.6. The predicted molar refractivity (Wildman–Crippen MR) is 84.2 cm³/mol. The number of hydrogen-bond donors (Lipinski definition) is 0. The second-order valence-corrected chi connectivity index (χ2v) is 8.50. The highest BCUT2D eigenvalue weighted by atomic mass is 32.2. The molecule has 3 rings (SSSR count). The molecule has 1 fully saturated rings. The lowest BCUT2D eigenvalue weighted by Gasteiger charge is -2.02. The van der Waals surface area contributed by atoms with Crippen molar-refractivity contribution in [3.05, 3.63) is 42.5 Å². The Balaban J connectivity index is 0.000000257. The first-order chi connectivity index (χ1) is 9.43. The van der Waals surface area contributed by atoms with Crippen molar-refractivity contribution in [3.8, 4) is 0 Å². The highest BCUT2D eigenvalue weighted by molar-refractivity contribution is 7.97. The van der Waals surface area contributed by atoms with Crippen LogP contribution in [0.3, 0.4) is 0 Å². The van der Waals surface area contributed by atoms with Crippen LogP contribution in [0.4, 0.5) is 0 Å². The van der Waals surface area contributed by atoms with Crippen molar-refractivity contribution in [2.45, 2.75) is 17.7 Å². The van der Waals surface area contributed by atoms with Crippen LogP contribution in [-0.4, -0.2) is 30.7 Å². The molecule has 5 heteroatoms. The summed E-state index contributed by atoms with van der Waals surface area (Å²) in [5, 5.41) is 2.76. The van der Waals surface area contributed by atoms with Gasteiger partial charge in [0.25, 0.3) is 0 Å². The van der Waals surface area contributed by atoms with E-state index in [1.807, 2.05) is 0 Å². The number of hydrogen-bond acceptors (Lipinski definition) is 3. The van der Waals surface area contributed by atoms with Gasteiger partial charge in [0.1, 0.15) is 11.5 Å². The topological polar surface area (TPSA) is 57.2 Å². The summed E-state index contributed by atoms with van der Waals surface area (Å²) in [5.74, 6) is 2.83. The van der Waals surface area contributed by atoms with Crippen LogP contribution >= 0.6 is 0 Å². The van der Waals surface area contributed by atoms with Gasteiger partial charge in [-0.05, 0) is 35.7 Å². The van der Waals surface area contributed by atoms with Gasteiger partial charge in [0, 0.05) is 23.2 Å². The Hall–Kier alpha value is -1.04. The van der Waals surface area contributed by atoms with Gasteiger partial charge in [-0.1, -0.05) is 24.3 Å².